The van der Waals surface area contributed by atoms with Crippen LogP contribution in [-0.4, -0.2) is 20.2 Å². The van der Waals surface area contributed by atoms with Gasteiger partial charge in [0.05, 0.1) is 17.8 Å². The van der Waals surface area contributed by atoms with Crippen molar-refractivity contribution in [2.24, 2.45) is 0 Å². The summed E-state index contributed by atoms with van der Waals surface area (Å²) in [4.78, 5) is 8.00. The van der Waals surface area contributed by atoms with Crippen LogP contribution in [0.2, 0.25) is 0 Å². The van der Waals surface area contributed by atoms with Gasteiger partial charge in [0.25, 0.3) is 0 Å². The quantitative estimate of drug-likeness (QED) is 0.622. The highest BCUT2D eigenvalue weighted by Gasteiger charge is 2.07. The molecule has 1 aromatic carbocycles. The predicted octanol–water partition coefficient (Wildman–Crippen LogP) is 2.52. The summed E-state index contributed by atoms with van der Waals surface area (Å²) in [6.45, 7) is 0. The Kier molecular flexibility index (Phi) is 3.83. The predicted molar refractivity (Wildman–Crippen MR) is 84.4 cm³/mol. The van der Waals surface area contributed by atoms with Gasteiger partial charge in [0, 0.05) is 23.7 Å². The zero-order chi connectivity index (χ0) is 15.4. The van der Waals surface area contributed by atoms with Crippen molar-refractivity contribution >= 4 is 28.4 Å². The summed E-state index contributed by atoms with van der Waals surface area (Å²) in [5.41, 5.74) is 8.62. The van der Waals surface area contributed by atoms with Crippen molar-refractivity contribution in [2.75, 3.05) is 11.1 Å². The van der Waals surface area contributed by atoms with E-state index in [2.05, 4.69) is 31.6 Å². The fourth-order valence-corrected chi connectivity index (χ4v) is 2.35. The molecule has 0 spiro atoms. The lowest BCUT2D eigenvalue weighted by Crippen LogP contribution is -1.99. The van der Waals surface area contributed by atoms with Crippen LogP contribution in [0.5, 0.6) is 0 Å². The van der Waals surface area contributed by atoms with Crippen LogP contribution in [0.3, 0.4) is 0 Å². The minimum atomic E-state index is 0.226. The molecule has 0 saturated heterocycles. The Morgan fingerprint density at radius 3 is 3.09 bits per heavy atom. The van der Waals surface area contributed by atoms with Gasteiger partial charge < -0.3 is 11.1 Å². The van der Waals surface area contributed by atoms with Gasteiger partial charge in [0.2, 0.25) is 5.95 Å². The van der Waals surface area contributed by atoms with Gasteiger partial charge in [-0.2, -0.15) is 15.3 Å². The van der Waals surface area contributed by atoms with Crippen molar-refractivity contribution in [3.05, 3.63) is 36.2 Å². The van der Waals surface area contributed by atoms with Crippen molar-refractivity contribution in [1.29, 1.82) is 5.26 Å². The Bertz CT molecular complexity index is 831. The number of nitrogens with zero attached hydrogens (tertiary/aromatic N) is 4. The summed E-state index contributed by atoms with van der Waals surface area (Å²) in [6, 6.07) is 7.95. The molecular weight excluding hydrogens is 278 g/mol. The number of unbranched alkanes of at least 4 members (excludes halogenated alkanes) is 1. The second-order valence-electron chi connectivity index (χ2n) is 4.91. The zero-order valence-electron chi connectivity index (χ0n) is 11.9. The van der Waals surface area contributed by atoms with Gasteiger partial charge in [-0.05, 0) is 36.6 Å². The van der Waals surface area contributed by atoms with Crippen molar-refractivity contribution in [1.82, 2.24) is 20.2 Å². The summed E-state index contributed by atoms with van der Waals surface area (Å²) in [7, 11) is 0. The number of nitriles is 1. The van der Waals surface area contributed by atoms with E-state index < -0.39 is 0 Å². The first kappa shape index (κ1) is 13.8. The van der Waals surface area contributed by atoms with Crippen LogP contribution in [-0.2, 0) is 6.42 Å². The third-order valence-electron chi connectivity index (χ3n) is 3.31. The number of anilines is 3. The molecule has 3 rings (SSSR count). The van der Waals surface area contributed by atoms with Crippen LogP contribution >= 0.6 is 0 Å². The summed E-state index contributed by atoms with van der Waals surface area (Å²) >= 11 is 0. The van der Waals surface area contributed by atoms with Gasteiger partial charge in [0.15, 0.2) is 0 Å². The number of aryl methyl sites for hydroxylation is 1. The van der Waals surface area contributed by atoms with E-state index in [0.717, 1.165) is 35.0 Å². The second-order valence-corrected chi connectivity index (χ2v) is 4.91. The van der Waals surface area contributed by atoms with E-state index in [4.69, 9.17) is 11.0 Å². The number of nitrogen functional groups attached to an aromatic ring is 1. The van der Waals surface area contributed by atoms with E-state index in [1.165, 1.54) is 0 Å². The SMILES string of the molecule is N#CCCCc1cc(Nc2ccnc(N)n2)cc2cn[nH]c12. The van der Waals surface area contributed by atoms with Gasteiger partial charge in [0.1, 0.15) is 5.82 Å². The lowest BCUT2D eigenvalue weighted by molar-refractivity contribution is 0.853. The molecule has 0 bridgehead atoms. The Balaban J connectivity index is 1.91. The fraction of sp³-hybridized carbons (Fsp3) is 0.200. The van der Waals surface area contributed by atoms with Gasteiger partial charge in [-0.3, -0.25) is 5.10 Å². The molecule has 2 aromatic heterocycles. The Morgan fingerprint density at radius 1 is 1.36 bits per heavy atom. The minimum Gasteiger partial charge on any atom is -0.368 e. The van der Waals surface area contributed by atoms with Crippen molar-refractivity contribution in [3.63, 3.8) is 0 Å². The minimum absolute atomic E-state index is 0.226. The monoisotopic (exact) mass is 293 g/mol. The van der Waals surface area contributed by atoms with Crippen LogP contribution < -0.4 is 11.1 Å². The van der Waals surface area contributed by atoms with E-state index >= 15 is 0 Å². The van der Waals surface area contributed by atoms with Gasteiger partial charge >= 0.3 is 0 Å². The van der Waals surface area contributed by atoms with E-state index in [1.807, 2.05) is 12.1 Å². The molecule has 2 heterocycles. The molecule has 0 unspecified atom stereocenters. The standard InChI is InChI=1S/C15H15N7/c16-5-2-1-3-10-7-12(8-11-9-19-22-14(10)11)20-13-4-6-18-15(17)21-13/h4,6-9H,1-3H2,(H,19,22)(H3,17,18,20,21). The van der Waals surface area contributed by atoms with Crippen LogP contribution in [0.4, 0.5) is 17.5 Å². The zero-order valence-corrected chi connectivity index (χ0v) is 11.9. The van der Waals surface area contributed by atoms with Crippen LogP contribution in [0.25, 0.3) is 10.9 Å². The van der Waals surface area contributed by atoms with Gasteiger partial charge in [-0.25, -0.2) is 4.98 Å². The van der Waals surface area contributed by atoms with E-state index in [-0.39, 0.29) is 5.95 Å². The van der Waals surface area contributed by atoms with Crippen molar-refractivity contribution < 1.29 is 0 Å². The average molecular weight is 293 g/mol. The number of aromatic nitrogens is 4. The highest BCUT2D eigenvalue weighted by Crippen LogP contribution is 2.25. The number of fused-ring (bicyclic) bond motifs is 1. The number of aromatic amines is 1. The van der Waals surface area contributed by atoms with E-state index in [1.54, 1.807) is 18.5 Å². The van der Waals surface area contributed by atoms with Crippen LogP contribution in [0.15, 0.2) is 30.6 Å². The average Bonchev–Trinajstić information content (AvgIpc) is 2.96. The third kappa shape index (κ3) is 2.96. The number of rotatable bonds is 5. The topological polar surface area (TPSA) is 116 Å². The highest BCUT2D eigenvalue weighted by molar-refractivity contribution is 5.86. The molecular formula is C15H15N7. The maximum absolute atomic E-state index is 8.68. The number of benzene rings is 1. The number of H-pyrrole nitrogens is 1. The van der Waals surface area contributed by atoms with Crippen LogP contribution in [0, 0.1) is 11.3 Å². The second kappa shape index (κ2) is 6.10. The fourth-order valence-electron chi connectivity index (χ4n) is 2.35. The molecule has 0 aliphatic carbocycles. The molecule has 7 nitrogen and oxygen atoms in total. The first-order valence-electron chi connectivity index (χ1n) is 6.95. The molecule has 22 heavy (non-hydrogen) atoms. The van der Waals surface area contributed by atoms with Crippen LogP contribution in [0.1, 0.15) is 18.4 Å². The molecule has 3 aromatic rings. The molecule has 0 saturated carbocycles. The molecule has 0 aliphatic rings. The smallest absolute Gasteiger partial charge is 0.221 e. The molecule has 0 fully saturated rings. The summed E-state index contributed by atoms with van der Waals surface area (Å²) in [5.74, 6) is 0.863. The number of hydrogen-bond donors (Lipinski definition) is 3. The van der Waals surface area contributed by atoms with Gasteiger partial charge in [-0.1, -0.05) is 0 Å². The molecule has 110 valence electrons. The summed E-state index contributed by atoms with van der Waals surface area (Å²) < 4.78 is 0. The molecule has 0 radical (unpaired) electrons. The Morgan fingerprint density at radius 2 is 2.27 bits per heavy atom. The molecule has 0 atom stereocenters. The molecule has 0 aliphatic heterocycles. The Hall–Kier alpha value is -3.14. The molecule has 4 N–H and O–H groups in total. The summed E-state index contributed by atoms with van der Waals surface area (Å²) in [5, 5.41) is 20.0. The van der Waals surface area contributed by atoms with E-state index in [0.29, 0.717) is 12.2 Å². The maximum atomic E-state index is 8.68. The lowest BCUT2D eigenvalue weighted by Gasteiger charge is -2.09. The summed E-state index contributed by atoms with van der Waals surface area (Å²) in [6.07, 6.45) is 5.55. The maximum Gasteiger partial charge on any atom is 0.221 e. The highest BCUT2D eigenvalue weighted by atomic mass is 15.1. The third-order valence-corrected chi connectivity index (χ3v) is 3.31. The normalized spacial score (nSPS) is 10.5. The van der Waals surface area contributed by atoms with Crippen molar-refractivity contribution in [3.8, 4) is 6.07 Å². The first-order chi connectivity index (χ1) is 10.8. The van der Waals surface area contributed by atoms with E-state index in [9.17, 15) is 0 Å². The van der Waals surface area contributed by atoms with Crippen molar-refractivity contribution in [2.45, 2.75) is 19.3 Å². The van der Waals surface area contributed by atoms with Gasteiger partial charge in [-0.15, -0.1) is 0 Å². The largest absolute Gasteiger partial charge is 0.368 e. The lowest BCUT2D eigenvalue weighted by atomic mass is 10.0. The number of hydrogen-bond acceptors (Lipinski definition) is 6. The molecule has 7 heteroatoms. The Labute approximate surface area is 127 Å². The molecule has 0 amide bonds. The number of nitrogens with one attached hydrogen (secondary N) is 2. The first-order valence-corrected chi connectivity index (χ1v) is 6.95. The number of nitrogens with two attached hydrogens (primary N) is 1.